The number of hydrogen-bond donors (Lipinski definition) is 2. The molecule has 92 valence electrons. The van der Waals surface area contributed by atoms with Crippen molar-refractivity contribution in [3.63, 3.8) is 0 Å². The third-order valence-corrected chi connectivity index (χ3v) is 3.70. The molecule has 0 aromatic heterocycles. The van der Waals surface area contributed by atoms with E-state index in [4.69, 9.17) is 5.73 Å². The van der Waals surface area contributed by atoms with Crippen LogP contribution in [-0.2, 0) is 10.0 Å². The van der Waals surface area contributed by atoms with Crippen molar-refractivity contribution in [1.82, 2.24) is 4.72 Å². The molecule has 6 heteroatoms. The van der Waals surface area contributed by atoms with Gasteiger partial charge in [-0.2, -0.15) is 0 Å². The quantitative estimate of drug-likeness (QED) is 0.803. The summed E-state index contributed by atoms with van der Waals surface area (Å²) in [5.74, 6) is 0.374. The van der Waals surface area contributed by atoms with Gasteiger partial charge in [-0.3, -0.25) is 9.71 Å². The third-order valence-electron chi connectivity index (χ3n) is 2.31. The molecule has 0 aliphatic carbocycles. The Hall–Kier alpha value is -1.40. The predicted octanol–water partition coefficient (Wildman–Crippen LogP) is 0.462. The van der Waals surface area contributed by atoms with E-state index in [1.54, 1.807) is 24.3 Å². The van der Waals surface area contributed by atoms with Crippen molar-refractivity contribution in [2.45, 2.75) is 24.3 Å². The summed E-state index contributed by atoms with van der Waals surface area (Å²) in [7, 11) is -3.44. The Morgan fingerprint density at radius 3 is 2.65 bits per heavy atom. The molecule has 0 fully saturated rings. The van der Waals surface area contributed by atoms with Crippen LogP contribution in [0.15, 0.2) is 34.2 Å². The highest BCUT2D eigenvalue weighted by Gasteiger charge is 2.30. The first-order valence-corrected chi connectivity index (χ1v) is 6.73. The van der Waals surface area contributed by atoms with Gasteiger partial charge in [-0.15, -0.1) is 0 Å². The standard InChI is InChI=1S/C11H15N3O2S/c1-11(2,12)7-13-10-8-5-3-4-6-9(8)17(15,16)14-10/h3-6H,7,12H2,1-2H3,(H,13,14). The Balaban J connectivity index is 2.42. The fourth-order valence-electron chi connectivity index (χ4n) is 1.53. The van der Waals surface area contributed by atoms with Crippen molar-refractivity contribution in [2.75, 3.05) is 6.54 Å². The van der Waals surface area contributed by atoms with Crippen LogP contribution < -0.4 is 10.5 Å². The zero-order chi connectivity index (χ0) is 12.7. The smallest absolute Gasteiger partial charge is 0.263 e. The van der Waals surface area contributed by atoms with Crippen molar-refractivity contribution < 1.29 is 8.42 Å². The molecule has 1 heterocycles. The first-order chi connectivity index (χ1) is 7.80. The summed E-state index contributed by atoms with van der Waals surface area (Å²) in [4.78, 5) is 4.50. The predicted molar refractivity (Wildman–Crippen MR) is 66.4 cm³/mol. The zero-order valence-electron chi connectivity index (χ0n) is 9.77. The molecule has 0 bridgehead atoms. The van der Waals surface area contributed by atoms with Crippen molar-refractivity contribution in [1.29, 1.82) is 0 Å². The maximum atomic E-state index is 11.8. The van der Waals surface area contributed by atoms with Gasteiger partial charge in [0.25, 0.3) is 10.0 Å². The maximum Gasteiger partial charge on any atom is 0.263 e. The van der Waals surface area contributed by atoms with Gasteiger partial charge in [0.05, 0.1) is 11.4 Å². The van der Waals surface area contributed by atoms with E-state index in [0.29, 0.717) is 17.9 Å². The molecule has 5 nitrogen and oxygen atoms in total. The highest BCUT2D eigenvalue weighted by Crippen LogP contribution is 2.22. The second-order valence-corrected chi connectivity index (χ2v) is 6.41. The number of fused-ring (bicyclic) bond motifs is 1. The van der Waals surface area contributed by atoms with Crippen LogP contribution in [0.25, 0.3) is 0 Å². The molecule has 0 atom stereocenters. The zero-order valence-corrected chi connectivity index (χ0v) is 10.6. The van der Waals surface area contributed by atoms with E-state index < -0.39 is 15.6 Å². The van der Waals surface area contributed by atoms with Crippen LogP contribution in [0, 0.1) is 0 Å². The summed E-state index contributed by atoms with van der Waals surface area (Å²) in [6.45, 7) is 4.04. The fraction of sp³-hybridized carbons (Fsp3) is 0.364. The van der Waals surface area contributed by atoms with Crippen LogP contribution in [0.4, 0.5) is 0 Å². The highest BCUT2D eigenvalue weighted by atomic mass is 32.2. The largest absolute Gasteiger partial charge is 0.324 e. The van der Waals surface area contributed by atoms with Crippen LogP contribution in [-0.4, -0.2) is 26.3 Å². The number of aliphatic imine (C=N–C) groups is 1. The number of rotatable bonds is 2. The van der Waals surface area contributed by atoms with Gasteiger partial charge < -0.3 is 5.73 Å². The Morgan fingerprint density at radius 1 is 1.35 bits per heavy atom. The number of nitrogens with one attached hydrogen (secondary N) is 1. The first kappa shape index (κ1) is 12.1. The summed E-state index contributed by atoms with van der Waals surface area (Å²) in [6, 6.07) is 6.77. The van der Waals surface area contributed by atoms with Gasteiger partial charge in [0, 0.05) is 11.1 Å². The van der Waals surface area contributed by atoms with Crippen molar-refractivity contribution >= 4 is 15.9 Å². The summed E-state index contributed by atoms with van der Waals surface area (Å²) >= 11 is 0. The van der Waals surface area contributed by atoms with E-state index in [9.17, 15) is 8.42 Å². The fourth-order valence-corrected chi connectivity index (χ4v) is 2.79. The molecule has 1 aromatic rings. The van der Waals surface area contributed by atoms with E-state index in [1.807, 2.05) is 13.8 Å². The highest BCUT2D eigenvalue weighted by molar-refractivity contribution is 7.90. The molecule has 17 heavy (non-hydrogen) atoms. The molecule has 1 aromatic carbocycles. The van der Waals surface area contributed by atoms with Gasteiger partial charge in [-0.25, -0.2) is 8.42 Å². The minimum atomic E-state index is -3.44. The Labute approximate surface area is 101 Å². The number of amidine groups is 1. The molecular weight excluding hydrogens is 238 g/mol. The van der Waals surface area contributed by atoms with Gasteiger partial charge in [0.15, 0.2) is 0 Å². The molecule has 0 saturated heterocycles. The van der Waals surface area contributed by atoms with Crippen LogP contribution in [0.2, 0.25) is 0 Å². The molecule has 1 aliphatic rings. The van der Waals surface area contributed by atoms with Crippen molar-refractivity contribution in [2.24, 2.45) is 10.7 Å². The molecule has 0 radical (unpaired) electrons. The second kappa shape index (κ2) is 3.82. The maximum absolute atomic E-state index is 11.8. The Bertz CT molecular complexity index is 571. The summed E-state index contributed by atoms with van der Waals surface area (Å²) in [5.41, 5.74) is 5.96. The molecule has 0 saturated carbocycles. The normalized spacial score (nSPS) is 20.1. The average Bonchev–Trinajstić information content (AvgIpc) is 2.48. The molecule has 0 unspecified atom stereocenters. The lowest BCUT2D eigenvalue weighted by Gasteiger charge is -2.15. The van der Waals surface area contributed by atoms with Crippen LogP contribution in [0.1, 0.15) is 19.4 Å². The van der Waals surface area contributed by atoms with Crippen LogP contribution in [0.5, 0.6) is 0 Å². The monoisotopic (exact) mass is 253 g/mol. The summed E-state index contributed by atoms with van der Waals surface area (Å²) in [6.07, 6.45) is 0. The van der Waals surface area contributed by atoms with Gasteiger partial charge in [0.2, 0.25) is 0 Å². The van der Waals surface area contributed by atoms with E-state index in [-0.39, 0.29) is 4.90 Å². The second-order valence-electron chi connectivity index (χ2n) is 4.76. The molecule has 2 rings (SSSR count). The van der Waals surface area contributed by atoms with Gasteiger partial charge in [-0.05, 0) is 26.0 Å². The Morgan fingerprint density at radius 2 is 2.00 bits per heavy atom. The minimum Gasteiger partial charge on any atom is -0.324 e. The lowest BCUT2D eigenvalue weighted by Crippen LogP contribution is -2.36. The van der Waals surface area contributed by atoms with E-state index >= 15 is 0 Å². The molecular formula is C11H15N3O2S. The van der Waals surface area contributed by atoms with Crippen LogP contribution >= 0.6 is 0 Å². The van der Waals surface area contributed by atoms with E-state index in [0.717, 1.165) is 0 Å². The van der Waals surface area contributed by atoms with Gasteiger partial charge >= 0.3 is 0 Å². The van der Waals surface area contributed by atoms with Crippen molar-refractivity contribution in [3.8, 4) is 0 Å². The number of hydrogen-bond acceptors (Lipinski definition) is 4. The topological polar surface area (TPSA) is 84.5 Å². The van der Waals surface area contributed by atoms with E-state index in [1.165, 1.54) is 0 Å². The lowest BCUT2D eigenvalue weighted by molar-refractivity contribution is 0.533. The average molecular weight is 253 g/mol. The molecule has 1 aliphatic heterocycles. The third kappa shape index (κ3) is 2.48. The number of benzene rings is 1. The number of sulfonamides is 1. The molecule has 3 N–H and O–H groups in total. The molecule has 0 amide bonds. The molecule has 0 spiro atoms. The first-order valence-electron chi connectivity index (χ1n) is 5.25. The van der Waals surface area contributed by atoms with Gasteiger partial charge in [-0.1, -0.05) is 12.1 Å². The van der Waals surface area contributed by atoms with Gasteiger partial charge in [0.1, 0.15) is 5.84 Å². The number of nitrogens with zero attached hydrogens (tertiary/aromatic N) is 1. The summed E-state index contributed by atoms with van der Waals surface area (Å²) < 4.78 is 26.0. The number of nitrogens with two attached hydrogens (primary N) is 1. The summed E-state index contributed by atoms with van der Waals surface area (Å²) in [5, 5.41) is 0. The minimum absolute atomic E-state index is 0.272. The Kier molecular flexibility index (Phi) is 2.71. The SMILES string of the molecule is CC(C)(N)CN=C1NS(=O)(=O)c2ccccc21. The van der Waals surface area contributed by atoms with E-state index in [2.05, 4.69) is 9.71 Å². The van der Waals surface area contributed by atoms with Crippen LogP contribution in [0.3, 0.4) is 0 Å². The van der Waals surface area contributed by atoms with Crippen molar-refractivity contribution in [3.05, 3.63) is 29.8 Å². The lowest BCUT2D eigenvalue weighted by atomic mass is 10.1.